The number of hydrogen-bond donors (Lipinski definition) is 2. The van der Waals surface area contributed by atoms with Crippen molar-refractivity contribution in [3.8, 4) is 29.7 Å². The van der Waals surface area contributed by atoms with Crippen LogP contribution in [0, 0.1) is 23.7 Å². The predicted molar refractivity (Wildman–Crippen MR) is 116 cm³/mol. The van der Waals surface area contributed by atoms with Crippen molar-refractivity contribution < 1.29 is 14.3 Å². The number of nitriles is 1. The first-order valence-electron chi connectivity index (χ1n) is 8.98. The lowest BCUT2D eigenvalue weighted by Gasteiger charge is -2.22. The van der Waals surface area contributed by atoms with Crippen molar-refractivity contribution in [3.05, 3.63) is 58.5 Å². The maximum Gasteiger partial charge on any atom is 0.433 e. The molecule has 3 aromatic rings. The zero-order valence-electron chi connectivity index (χ0n) is 16.3. The number of nitrogens with zero attached hydrogens (tertiary/aromatic N) is 4. The quantitative estimate of drug-likeness (QED) is 0.478. The molecule has 0 bridgehead atoms. The Labute approximate surface area is 182 Å². The molecule has 0 unspecified atom stereocenters. The van der Waals surface area contributed by atoms with E-state index >= 15 is 0 Å². The molecule has 0 aliphatic rings. The zero-order chi connectivity index (χ0) is 22.2. The van der Waals surface area contributed by atoms with Gasteiger partial charge in [0.15, 0.2) is 5.01 Å². The van der Waals surface area contributed by atoms with E-state index in [2.05, 4.69) is 32.7 Å². The fourth-order valence-electron chi connectivity index (χ4n) is 2.54. The SMILES string of the molecule is C#Cc1nc(NC(=O)NN(C(=O)OCC)c2ccc(-c3ncccc3C#N)cc2)cs1. The van der Waals surface area contributed by atoms with Gasteiger partial charge in [0.05, 0.1) is 23.6 Å². The van der Waals surface area contributed by atoms with Crippen LogP contribution in [0.4, 0.5) is 21.1 Å². The Morgan fingerprint density at radius 2 is 2.06 bits per heavy atom. The van der Waals surface area contributed by atoms with Crippen LogP contribution in [0.2, 0.25) is 0 Å². The van der Waals surface area contributed by atoms with Crippen molar-refractivity contribution in [2.45, 2.75) is 6.92 Å². The van der Waals surface area contributed by atoms with Gasteiger partial charge in [-0.25, -0.2) is 20.0 Å². The topological polar surface area (TPSA) is 120 Å². The third-order valence-electron chi connectivity index (χ3n) is 3.86. The second-order valence-corrected chi connectivity index (χ2v) is 6.70. The van der Waals surface area contributed by atoms with Gasteiger partial charge in [0.25, 0.3) is 0 Å². The molecule has 2 aromatic heterocycles. The lowest BCUT2D eigenvalue weighted by Crippen LogP contribution is -2.48. The number of urea groups is 1. The summed E-state index contributed by atoms with van der Waals surface area (Å²) in [6, 6.07) is 11.3. The highest BCUT2D eigenvalue weighted by Gasteiger charge is 2.20. The molecule has 0 atom stereocenters. The minimum atomic E-state index is -0.774. The second kappa shape index (κ2) is 9.87. The standard InChI is InChI=1S/C21H16N6O3S/c1-3-18-24-17(13-31-18)25-20(28)26-27(21(29)30-4-2)16-9-7-14(8-10-16)19-15(12-22)6-5-11-23-19/h1,5-11,13H,4H2,2H3,(H2,25,26,28). The Hall–Kier alpha value is -4.41. The van der Waals surface area contributed by atoms with Gasteiger partial charge in [-0.05, 0) is 37.1 Å². The average molecular weight is 432 g/mol. The van der Waals surface area contributed by atoms with Crippen LogP contribution in [-0.2, 0) is 4.74 Å². The summed E-state index contributed by atoms with van der Waals surface area (Å²) in [6.45, 7) is 1.77. The number of carbonyl (C=O) groups excluding carboxylic acids is 2. The fraction of sp³-hybridized carbons (Fsp3) is 0.0952. The van der Waals surface area contributed by atoms with Crippen LogP contribution in [0.1, 0.15) is 17.5 Å². The second-order valence-electron chi connectivity index (χ2n) is 5.84. The lowest BCUT2D eigenvalue weighted by atomic mass is 10.1. The van der Waals surface area contributed by atoms with Crippen molar-refractivity contribution in [2.24, 2.45) is 0 Å². The molecule has 2 N–H and O–H groups in total. The summed E-state index contributed by atoms with van der Waals surface area (Å²) >= 11 is 1.20. The molecule has 0 spiro atoms. The smallest absolute Gasteiger partial charge is 0.433 e. The number of aromatic nitrogens is 2. The summed E-state index contributed by atoms with van der Waals surface area (Å²) in [6.07, 6.45) is 6.09. The van der Waals surface area contributed by atoms with Crippen LogP contribution in [0.15, 0.2) is 48.0 Å². The van der Waals surface area contributed by atoms with E-state index in [0.29, 0.717) is 27.5 Å². The summed E-state index contributed by atoms with van der Waals surface area (Å²) < 4.78 is 5.03. The molecule has 31 heavy (non-hydrogen) atoms. The first-order valence-corrected chi connectivity index (χ1v) is 9.86. The summed E-state index contributed by atoms with van der Waals surface area (Å²) in [5.41, 5.74) is 4.38. The normalized spacial score (nSPS) is 9.77. The Bertz CT molecular complexity index is 1180. The van der Waals surface area contributed by atoms with Gasteiger partial charge in [-0.2, -0.15) is 10.3 Å². The Balaban J connectivity index is 1.81. The first-order chi connectivity index (χ1) is 15.0. The van der Waals surface area contributed by atoms with E-state index in [1.54, 1.807) is 54.9 Å². The number of amides is 3. The number of benzene rings is 1. The molecule has 0 radical (unpaired) electrons. The van der Waals surface area contributed by atoms with Crippen LogP contribution in [0.5, 0.6) is 0 Å². The van der Waals surface area contributed by atoms with Crippen molar-refractivity contribution in [1.82, 2.24) is 15.4 Å². The molecular formula is C21H16N6O3S. The van der Waals surface area contributed by atoms with Gasteiger partial charge in [0, 0.05) is 17.1 Å². The highest BCUT2D eigenvalue weighted by molar-refractivity contribution is 7.10. The van der Waals surface area contributed by atoms with E-state index in [-0.39, 0.29) is 12.4 Å². The van der Waals surface area contributed by atoms with Gasteiger partial charge >= 0.3 is 12.1 Å². The zero-order valence-corrected chi connectivity index (χ0v) is 17.1. The maximum absolute atomic E-state index is 12.4. The van der Waals surface area contributed by atoms with Gasteiger partial charge in [-0.1, -0.05) is 12.1 Å². The molecule has 1 aromatic carbocycles. The van der Waals surface area contributed by atoms with E-state index in [4.69, 9.17) is 11.2 Å². The molecule has 0 saturated heterocycles. The first kappa shape index (κ1) is 21.3. The molecule has 3 rings (SSSR count). The summed E-state index contributed by atoms with van der Waals surface area (Å²) in [7, 11) is 0. The van der Waals surface area contributed by atoms with Crippen LogP contribution >= 0.6 is 11.3 Å². The van der Waals surface area contributed by atoms with Crippen LogP contribution < -0.4 is 15.8 Å². The number of pyridine rings is 1. The van der Waals surface area contributed by atoms with Crippen molar-refractivity contribution in [2.75, 3.05) is 16.9 Å². The van der Waals surface area contributed by atoms with Gasteiger partial charge in [0.1, 0.15) is 11.9 Å². The molecule has 0 fully saturated rings. The van der Waals surface area contributed by atoms with Gasteiger partial charge < -0.3 is 4.74 Å². The minimum Gasteiger partial charge on any atom is -0.448 e. The predicted octanol–water partition coefficient (Wildman–Crippen LogP) is 3.76. The molecule has 9 nitrogen and oxygen atoms in total. The molecule has 2 heterocycles. The van der Waals surface area contributed by atoms with E-state index in [0.717, 1.165) is 5.01 Å². The lowest BCUT2D eigenvalue weighted by molar-refractivity contribution is 0.156. The highest BCUT2D eigenvalue weighted by atomic mass is 32.1. The summed E-state index contributed by atoms with van der Waals surface area (Å²) in [4.78, 5) is 33.0. The number of terminal acetylenes is 1. The number of nitrogens with one attached hydrogen (secondary N) is 2. The molecule has 3 amide bonds. The number of thiazole rings is 1. The van der Waals surface area contributed by atoms with E-state index < -0.39 is 12.1 Å². The third kappa shape index (κ3) is 5.15. The molecular weight excluding hydrogens is 416 g/mol. The number of hydrogen-bond acceptors (Lipinski definition) is 7. The molecule has 10 heteroatoms. The minimum absolute atomic E-state index is 0.119. The summed E-state index contributed by atoms with van der Waals surface area (Å²) in [5.74, 6) is 2.63. The Kier molecular flexibility index (Phi) is 6.78. The van der Waals surface area contributed by atoms with Crippen LogP contribution in [-0.4, -0.2) is 28.7 Å². The van der Waals surface area contributed by atoms with Crippen LogP contribution in [0.3, 0.4) is 0 Å². The monoisotopic (exact) mass is 432 g/mol. The molecule has 0 aliphatic heterocycles. The highest BCUT2D eigenvalue weighted by Crippen LogP contribution is 2.24. The van der Waals surface area contributed by atoms with E-state index in [1.807, 2.05) is 0 Å². The molecule has 0 aliphatic carbocycles. The van der Waals surface area contributed by atoms with E-state index in [1.165, 1.54) is 11.3 Å². The molecule has 0 saturated carbocycles. The number of carbonyl (C=O) groups is 2. The number of rotatable bonds is 4. The Morgan fingerprint density at radius 1 is 1.29 bits per heavy atom. The molecule has 154 valence electrons. The number of anilines is 2. The Morgan fingerprint density at radius 3 is 2.71 bits per heavy atom. The van der Waals surface area contributed by atoms with Crippen LogP contribution in [0.25, 0.3) is 11.3 Å². The largest absolute Gasteiger partial charge is 0.448 e. The third-order valence-corrected chi connectivity index (χ3v) is 4.63. The van der Waals surface area contributed by atoms with Crippen molar-refractivity contribution >= 4 is 35.0 Å². The number of ether oxygens (including phenoxy) is 1. The van der Waals surface area contributed by atoms with Crippen molar-refractivity contribution in [1.29, 1.82) is 5.26 Å². The van der Waals surface area contributed by atoms with E-state index in [9.17, 15) is 14.9 Å². The summed E-state index contributed by atoms with van der Waals surface area (Å²) in [5, 5.41) is 14.7. The van der Waals surface area contributed by atoms with Gasteiger partial charge in [-0.15, -0.1) is 17.8 Å². The fourth-order valence-corrected chi connectivity index (χ4v) is 3.09. The van der Waals surface area contributed by atoms with Crippen molar-refractivity contribution in [3.63, 3.8) is 0 Å². The van der Waals surface area contributed by atoms with Gasteiger partial charge in [0.2, 0.25) is 0 Å². The maximum atomic E-state index is 12.4. The average Bonchev–Trinajstić information content (AvgIpc) is 3.25. The number of hydrazine groups is 1. The van der Waals surface area contributed by atoms with Gasteiger partial charge in [-0.3, -0.25) is 10.3 Å².